The molecule has 4 rings (SSSR count). The highest BCUT2D eigenvalue weighted by molar-refractivity contribution is 6.03. The Labute approximate surface area is 218 Å². The molecule has 1 amide bonds. The van der Waals surface area contributed by atoms with Crippen molar-refractivity contribution in [3.05, 3.63) is 53.1 Å². The molecule has 0 saturated carbocycles. The van der Waals surface area contributed by atoms with E-state index in [-0.39, 0.29) is 30.7 Å². The molecule has 37 heavy (non-hydrogen) atoms. The van der Waals surface area contributed by atoms with Crippen LogP contribution in [0.4, 0.5) is 5.69 Å². The van der Waals surface area contributed by atoms with Crippen LogP contribution in [0.2, 0.25) is 0 Å². The van der Waals surface area contributed by atoms with Gasteiger partial charge in [0, 0.05) is 11.3 Å². The third-order valence-corrected chi connectivity index (χ3v) is 7.78. The van der Waals surface area contributed by atoms with E-state index in [9.17, 15) is 15.0 Å². The van der Waals surface area contributed by atoms with E-state index in [4.69, 9.17) is 10.00 Å². The van der Waals surface area contributed by atoms with E-state index in [0.29, 0.717) is 18.5 Å². The number of carbonyl (C=O) groups excluding carboxylic acids is 1. The number of nitrogens with zero attached hydrogens (tertiary/aromatic N) is 2. The largest absolute Gasteiger partial charge is 0.393 e. The smallest absolute Gasteiger partial charge is 0.291 e. The van der Waals surface area contributed by atoms with Gasteiger partial charge in [0.05, 0.1) is 30.6 Å². The maximum Gasteiger partial charge on any atom is 0.291 e. The number of carbonyl (C=O) groups is 1. The number of nitrogens with one attached hydrogen (secondary N) is 2. The third kappa shape index (κ3) is 5.80. The SMILES string of the molecule is CCC/C=C(\CCCC)c1cc(C2C[C@]3(CO)CC[C@](CO)(C2)O3)ccc1NC(=O)c1ncc(C#N)[nH]1. The van der Waals surface area contributed by atoms with Crippen molar-refractivity contribution in [1.82, 2.24) is 9.97 Å². The van der Waals surface area contributed by atoms with Crippen molar-refractivity contribution >= 4 is 17.2 Å². The number of unbranched alkanes of at least 4 members (excludes halogenated alkanes) is 2. The number of rotatable bonds is 11. The first-order valence-corrected chi connectivity index (χ1v) is 13.4. The molecular formula is C29H38N4O4. The lowest BCUT2D eigenvalue weighted by molar-refractivity contribution is -0.177. The predicted octanol–water partition coefficient (Wildman–Crippen LogP) is 5.06. The number of hydrogen-bond donors (Lipinski definition) is 4. The molecule has 198 valence electrons. The first-order chi connectivity index (χ1) is 17.9. The Morgan fingerprint density at radius 2 is 1.97 bits per heavy atom. The zero-order valence-corrected chi connectivity index (χ0v) is 21.8. The minimum absolute atomic E-state index is 0.0573. The highest BCUT2D eigenvalue weighted by Gasteiger charge is 2.54. The van der Waals surface area contributed by atoms with E-state index in [0.717, 1.165) is 56.1 Å². The van der Waals surface area contributed by atoms with Gasteiger partial charge in [-0.15, -0.1) is 0 Å². The summed E-state index contributed by atoms with van der Waals surface area (Å²) in [6, 6.07) is 8.10. The normalized spacial score (nSPS) is 25.2. The number of anilines is 1. The number of allylic oxidation sites excluding steroid dienone is 2. The van der Waals surface area contributed by atoms with Crippen LogP contribution < -0.4 is 5.32 Å². The van der Waals surface area contributed by atoms with Crippen LogP contribution in [-0.2, 0) is 4.74 Å². The van der Waals surface area contributed by atoms with Crippen molar-refractivity contribution in [3.8, 4) is 6.07 Å². The standard InChI is InChI=1S/C29H38N4O4/c1-3-5-7-20(8-6-4-2)24-13-21(22-14-28(18-34)11-12-29(15-22,19-35)37-28)9-10-25(24)33-27(36)26-31-17-23(16-30)32-26/h7,9-10,13,17,22,34-35H,3-6,8,11-12,14-15,18-19H2,1-2H3,(H,31,32)(H,33,36)/b20-7+/t22?,28-,29+. The zero-order valence-electron chi connectivity index (χ0n) is 21.8. The fourth-order valence-electron chi connectivity index (χ4n) is 5.76. The fourth-order valence-corrected chi connectivity index (χ4v) is 5.76. The lowest BCUT2D eigenvalue weighted by Crippen LogP contribution is -2.47. The molecular weight excluding hydrogens is 468 g/mol. The molecule has 0 spiro atoms. The quantitative estimate of drug-likeness (QED) is 0.337. The molecule has 3 atom stereocenters. The summed E-state index contributed by atoms with van der Waals surface area (Å²) in [6.45, 7) is 4.20. The van der Waals surface area contributed by atoms with Gasteiger partial charge >= 0.3 is 0 Å². The van der Waals surface area contributed by atoms with Gasteiger partial charge in [0.2, 0.25) is 0 Å². The first kappa shape index (κ1) is 27.1. The van der Waals surface area contributed by atoms with Crippen LogP contribution in [0.25, 0.3) is 5.57 Å². The number of aromatic amines is 1. The molecule has 2 aliphatic rings. The van der Waals surface area contributed by atoms with Gasteiger partial charge in [0.1, 0.15) is 11.8 Å². The van der Waals surface area contributed by atoms with Gasteiger partial charge in [-0.2, -0.15) is 5.26 Å². The number of aromatic nitrogens is 2. The molecule has 1 aromatic carbocycles. The molecule has 2 bridgehead atoms. The number of H-pyrrole nitrogens is 1. The van der Waals surface area contributed by atoms with Crippen molar-refractivity contribution in [2.75, 3.05) is 18.5 Å². The van der Waals surface area contributed by atoms with Crippen molar-refractivity contribution in [2.24, 2.45) is 0 Å². The summed E-state index contributed by atoms with van der Waals surface area (Å²) < 4.78 is 6.24. The molecule has 4 N–H and O–H groups in total. The average molecular weight is 507 g/mol. The second kappa shape index (κ2) is 11.6. The number of imidazole rings is 1. The summed E-state index contributed by atoms with van der Waals surface area (Å²) in [5.41, 5.74) is 3.01. The van der Waals surface area contributed by atoms with Crippen molar-refractivity contribution in [3.63, 3.8) is 0 Å². The highest BCUT2D eigenvalue weighted by Crippen LogP contribution is 2.53. The monoisotopic (exact) mass is 506 g/mol. The number of fused-ring (bicyclic) bond motifs is 2. The Kier molecular flexibility index (Phi) is 8.48. The second-order valence-electron chi connectivity index (χ2n) is 10.5. The Hall–Kier alpha value is -2.99. The number of hydrogen-bond acceptors (Lipinski definition) is 6. The maximum atomic E-state index is 13.0. The second-order valence-corrected chi connectivity index (χ2v) is 10.5. The summed E-state index contributed by atoms with van der Waals surface area (Å²) in [6.07, 6.45) is 11.5. The minimum Gasteiger partial charge on any atom is -0.393 e. The Balaban J connectivity index is 1.71. The zero-order chi connectivity index (χ0) is 26.5. The highest BCUT2D eigenvalue weighted by atomic mass is 16.6. The van der Waals surface area contributed by atoms with E-state index in [1.54, 1.807) is 0 Å². The number of aliphatic hydroxyl groups excluding tert-OH is 2. The number of benzene rings is 1. The van der Waals surface area contributed by atoms with Crippen LogP contribution in [0.15, 0.2) is 30.5 Å². The molecule has 2 aliphatic heterocycles. The molecule has 2 aromatic rings. The average Bonchev–Trinajstić information content (AvgIpc) is 3.52. The maximum absolute atomic E-state index is 13.0. The Morgan fingerprint density at radius 3 is 2.57 bits per heavy atom. The number of nitriles is 1. The van der Waals surface area contributed by atoms with Gasteiger partial charge < -0.3 is 25.3 Å². The van der Waals surface area contributed by atoms with Crippen LogP contribution in [0.5, 0.6) is 0 Å². The predicted molar refractivity (Wildman–Crippen MR) is 142 cm³/mol. The topological polar surface area (TPSA) is 131 Å². The fraction of sp³-hybridized carbons (Fsp3) is 0.552. The van der Waals surface area contributed by atoms with Gasteiger partial charge in [0.25, 0.3) is 5.91 Å². The lowest BCUT2D eigenvalue weighted by atomic mass is 9.79. The van der Waals surface area contributed by atoms with Crippen LogP contribution in [0.1, 0.15) is 105 Å². The molecule has 1 aromatic heterocycles. The summed E-state index contributed by atoms with van der Waals surface area (Å²) in [4.78, 5) is 19.8. The molecule has 0 radical (unpaired) electrons. The van der Waals surface area contributed by atoms with E-state index in [1.165, 1.54) is 11.8 Å². The van der Waals surface area contributed by atoms with Crippen LogP contribution in [-0.4, -0.2) is 50.5 Å². The molecule has 8 heteroatoms. The summed E-state index contributed by atoms with van der Waals surface area (Å²) in [5.74, 6) is -0.181. The van der Waals surface area contributed by atoms with Crippen molar-refractivity contribution < 1.29 is 19.7 Å². The Bertz CT molecular complexity index is 1160. The molecule has 0 aliphatic carbocycles. The lowest BCUT2D eigenvalue weighted by Gasteiger charge is -2.43. The molecule has 3 heterocycles. The van der Waals surface area contributed by atoms with E-state index in [2.05, 4.69) is 41.3 Å². The minimum atomic E-state index is -0.612. The summed E-state index contributed by atoms with van der Waals surface area (Å²) >= 11 is 0. The van der Waals surface area contributed by atoms with Gasteiger partial charge in [-0.1, -0.05) is 38.8 Å². The number of aliphatic hydroxyl groups is 2. The van der Waals surface area contributed by atoms with Gasteiger partial charge in [0.15, 0.2) is 5.82 Å². The van der Waals surface area contributed by atoms with Crippen LogP contribution >= 0.6 is 0 Å². The van der Waals surface area contributed by atoms with Crippen molar-refractivity contribution in [1.29, 1.82) is 5.26 Å². The third-order valence-electron chi connectivity index (χ3n) is 7.78. The molecule has 2 fully saturated rings. The van der Waals surface area contributed by atoms with Crippen LogP contribution in [0, 0.1) is 11.3 Å². The molecule has 2 saturated heterocycles. The van der Waals surface area contributed by atoms with Gasteiger partial charge in [-0.05, 0) is 74.1 Å². The van der Waals surface area contributed by atoms with E-state index in [1.807, 2.05) is 18.2 Å². The van der Waals surface area contributed by atoms with Gasteiger partial charge in [-0.25, -0.2) is 4.98 Å². The summed E-state index contributed by atoms with van der Waals surface area (Å²) in [5, 5.41) is 32.4. The molecule has 1 unspecified atom stereocenters. The van der Waals surface area contributed by atoms with Crippen LogP contribution in [0.3, 0.4) is 0 Å². The number of ether oxygens (including phenoxy) is 1. The summed E-state index contributed by atoms with van der Waals surface area (Å²) in [7, 11) is 0. The van der Waals surface area contributed by atoms with Crippen molar-refractivity contribution in [2.45, 2.75) is 88.8 Å². The number of amides is 1. The Morgan fingerprint density at radius 1 is 1.24 bits per heavy atom. The van der Waals surface area contributed by atoms with E-state index >= 15 is 0 Å². The molecule has 8 nitrogen and oxygen atoms in total. The first-order valence-electron chi connectivity index (χ1n) is 13.4. The van der Waals surface area contributed by atoms with E-state index < -0.39 is 17.1 Å². The van der Waals surface area contributed by atoms with Gasteiger partial charge in [-0.3, -0.25) is 4.79 Å².